The van der Waals surface area contributed by atoms with Gasteiger partial charge in [-0.25, -0.2) is 9.37 Å². The lowest BCUT2D eigenvalue weighted by atomic mass is 10.3. The van der Waals surface area contributed by atoms with Gasteiger partial charge in [0.2, 0.25) is 11.0 Å². The average molecular weight is 341 g/mol. The van der Waals surface area contributed by atoms with Crippen molar-refractivity contribution in [2.75, 3.05) is 16.8 Å². The predicted octanol–water partition coefficient (Wildman–Crippen LogP) is 2.60. The molecule has 6 nitrogen and oxygen atoms in total. The van der Waals surface area contributed by atoms with Crippen LogP contribution >= 0.6 is 34.4 Å². The molecule has 0 saturated carbocycles. The van der Waals surface area contributed by atoms with Gasteiger partial charge in [-0.1, -0.05) is 34.4 Å². The second-order valence-corrected chi connectivity index (χ2v) is 7.14. The van der Waals surface area contributed by atoms with Gasteiger partial charge in [0.05, 0.1) is 16.0 Å². The molecule has 0 bridgehead atoms. The number of hydrogen-bond acceptors (Lipinski definition) is 8. The number of carbonyl (C=O) groups is 1. The summed E-state index contributed by atoms with van der Waals surface area (Å²) in [5, 5.41) is 11.0. The van der Waals surface area contributed by atoms with Crippen LogP contribution in [-0.2, 0) is 4.79 Å². The van der Waals surface area contributed by atoms with E-state index in [-0.39, 0.29) is 17.5 Å². The molecule has 2 heterocycles. The number of nitrogens with zero attached hydrogens (tertiary/aromatic N) is 3. The van der Waals surface area contributed by atoms with Crippen molar-refractivity contribution in [1.29, 1.82) is 0 Å². The first-order valence-electron chi connectivity index (χ1n) is 5.68. The summed E-state index contributed by atoms with van der Waals surface area (Å²) in [6.45, 7) is 0. The Morgan fingerprint density at radius 3 is 3.00 bits per heavy atom. The Morgan fingerprint density at radius 2 is 2.24 bits per heavy atom. The maximum atomic E-state index is 13.1. The minimum atomic E-state index is -0.326. The lowest BCUT2D eigenvalue weighted by Crippen LogP contribution is -2.13. The normalized spacial score (nSPS) is 10.9. The number of nitrogens with two attached hydrogens (primary N) is 1. The molecule has 0 aliphatic heterocycles. The molecule has 0 aliphatic rings. The fourth-order valence-corrected chi connectivity index (χ4v) is 3.86. The molecule has 2 aromatic heterocycles. The second kappa shape index (κ2) is 5.92. The van der Waals surface area contributed by atoms with Crippen LogP contribution in [0.2, 0.25) is 0 Å². The first-order valence-corrected chi connectivity index (χ1v) is 8.30. The van der Waals surface area contributed by atoms with E-state index < -0.39 is 0 Å². The zero-order chi connectivity index (χ0) is 14.8. The number of amides is 1. The number of anilines is 2. The van der Waals surface area contributed by atoms with Gasteiger partial charge in [-0.3, -0.25) is 4.79 Å². The Hall–Kier alpha value is -1.78. The van der Waals surface area contributed by atoms with Crippen LogP contribution in [0, 0.1) is 5.82 Å². The molecule has 0 aliphatic carbocycles. The fraction of sp³-hybridized carbons (Fsp3) is 0.0909. The van der Waals surface area contributed by atoms with Crippen LogP contribution in [0.3, 0.4) is 0 Å². The number of benzene rings is 1. The molecule has 3 rings (SSSR count). The van der Waals surface area contributed by atoms with Gasteiger partial charge in [0, 0.05) is 0 Å². The highest BCUT2D eigenvalue weighted by atomic mass is 32.2. The van der Waals surface area contributed by atoms with Gasteiger partial charge in [-0.05, 0) is 18.2 Å². The van der Waals surface area contributed by atoms with Crippen LogP contribution < -0.4 is 11.1 Å². The molecule has 0 fully saturated rings. The highest BCUT2D eigenvalue weighted by molar-refractivity contribution is 8.01. The van der Waals surface area contributed by atoms with Crippen molar-refractivity contribution in [3.63, 3.8) is 0 Å². The van der Waals surface area contributed by atoms with Gasteiger partial charge in [-0.15, -0.1) is 10.2 Å². The van der Waals surface area contributed by atoms with Gasteiger partial charge in [-0.2, -0.15) is 0 Å². The number of hydrogen-bond donors (Lipinski definition) is 2. The van der Waals surface area contributed by atoms with Crippen LogP contribution in [0.25, 0.3) is 10.2 Å². The summed E-state index contributed by atoms with van der Waals surface area (Å²) in [5.41, 5.74) is 6.11. The van der Waals surface area contributed by atoms with E-state index in [1.165, 1.54) is 46.6 Å². The number of nitrogens with one attached hydrogen (secondary N) is 1. The van der Waals surface area contributed by atoms with Gasteiger partial charge in [0.1, 0.15) is 5.82 Å². The number of halogens is 1. The Labute approximate surface area is 130 Å². The van der Waals surface area contributed by atoms with E-state index in [0.717, 1.165) is 0 Å². The molecular formula is C11H8FN5OS3. The van der Waals surface area contributed by atoms with Gasteiger partial charge in [0.25, 0.3) is 0 Å². The SMILES string of the molecule is Nc1nnc(SCC(=O)Nc2nc3ccc(F)cc3s2)s1. The van der Waals surface area contributed by atoms with Crippen molar-refractivity contribution < 1.29 is 9.18 Å². The molecule has 108 valence electrons. The number of fused-ring (bicyclic) bond motifs is 1. The topological polar surface area (TPSA) is 93.8 Å². The summed E-state index contributed by atoms with van der Waals surface area (Å²) in [6.07, 6.45) is 0. The number of carbonyl (C=O) groups excluding carboxylic acids is 1. The van der Waals surface area contributed by atoms with Crippen LogP contribution in [0.5, 0.6) is 0 Å². The maximum absolute atomic E-state index is 13.1. The fourth-order valence-electron chi connectivity index (χ4n) is 1.51. The number of nitrogen functional groups attached to an aromatic ring is 1. The standard InChI is InChI=1S/C11H8FN5OS3/c12-5-1-2-6-7(3-5)20-10(14-6)15-8(18)4-19-11-17-16-9(13)21-11/h1-3H,4H2,(H2,13,16)(H,14,15,18). The Bertz CT molecular complexity index is 802. The van der Waals surface area contributed by atoms with Crippen LogP contribution in [-0.4, -0.2) is 26.8 Å². The highest BCUT2D eigenvalue weighted by Crippen LogP contribution is 2.27. The molecule has 0 saturated heterocycles. The van der Waals surface area contributed by atoms with Crippen molar-refractivity contribution in [1.82, 2.24) is 15.2 Å². The van der Waals surface area contributed by atoms with Crippen LogP contribution in [0.15, 0.2) is 22.5 Å². The molecule has 1 aromatic carbocycles. The Balaban J connectivity index is 1.63. The van der Waals surface area contributed by atoms with Crippen LogP contribution in [0.4, 0.5) is 14.7 Å². The summed E-state index contributed by atoms with van der Waals surface area (Å²) < 4.78 is 14.4. The molecule has 10 heteroatoms. The third-order valence-corrected chi connectivity index (χ3v) is 5.17. The van der Waals surface area contributed by atoms with E-state index in [4.69, 9.17) is 5.73 Å². The second-order valence-electron chi connectivity index (χ2n) is 3.87. The maximum Gasteiger partial charge on any atom is 0.236 e. The highest BCUT2D eigenvalue weighted by Gasteiger charge is 2.10. The lowest BCUT2D eigenvalue weighted by Gasteiger charge is -1.98. The largest absolute Gasteiger partial charge is 0.374 e. The van der Waals surface area contributed by atoms with Crippen molar-refractivity contribution in [2.45, 2.75) is 4.34 Å². The summed E-state index contributed by atoms with van der Waals surface area (Å²) >= 11 is 3.70. The molecule has 3 N–H and O–H groups in total. The van der Waals surface area contributed by atoms with E-state index in [0.29, 0.717) is 24.8 Å². The molecular weight excluding hydrogens is 333 g/mol. The average Bonchev–Trinajstić information content (AvgIpc) is 3.01. The minimum Gasteiger partial charge on any atom is -0.374 e. The van der Waals surface area contributed by atoms with E-state index in [2.05, 4.69) is 20.5 Å². The predicted molar refractivity (Wildman–Crippen MR) is 83.3 cm³/mol. The number of thiazole rings is 1. The van der Waals surface area contributed by atoms with E-state index in [1.54, 1.807) is 6.07 Å². The summed E-state index contributed by atoms with van der Waals surface area (Å²) in [6, 6.07) is 4.31. The minimum absolute atomic E-state index is 0.179. The smallest absolute Gasteiger partial charge is 0.236 e. The zero-order valence-electron chi connectivity index (χ0n) is 10.4. The number of rotatable bonds is 4. The summed E-state index contributed by atoms with van der Waals surface area (Å²) in [7, 11) is 0. The van der Waals surface area contributed by atoms with Crippen molar-refractivity contribution in [2.24, 2.45) is 0 Å². The Kier molecular flexibility index (Phi) is 3.99. The Morgan fingerprint density at radius 1 is 1.38 bits per heavy atom. The molecule has 0 spiro atoms. The van der Waals surface area contributed by atoms with Crippen molar-refractivity contribution in [3.05, 3.63) is 24.0 Å². The van der Waals surface area contributed by atoms with Crippen molar-refractivity contribution >= 4 is 60.8 Å². The lowest BCUT2D eigenvalue weighted by molar-refractivity contribution is -0.113. The number of thioether (sulfide) groups is 1. The third kappa shape index (κ3) is 3.46. The summed E-state index contributed by atoms with van der Waals surface area (Å²) in [5.74, 6) is -0.361. The van der Waals surface area contributed by atoms with Crippen molar-refractivity contribution in [3.8, 4) is 0 Å². The van der Waals surface area contributed by atoms with Gasteiger partial charge < -0.3 is 11.1 Å². The molecule has 0 radical (unpaired) electrons. The molecule has 21 heavy (non-hydrogen) atoms. The molecule has 3 aromatic rings. The number of aromatic nitrogens is 3. The molecule has 1 amide bonds. The van der Waals surface area contributed by atoms with E-state index in [9.17, 15) is 9.18 Å². The third-order valence-electron chi connectivity index (χ3n) is 2.35. The quantitative estimate of drug-likeness (QED) is 0.709. The molecule has 0 unspecified atom stereocenters. The van der Waals surface area contributed by atoms with E-state index >= 15 is 0 Å². The summed E-state index contributed by atoms with van der Waals surface area (Å²) in [4.78, 5) is 16.0. The van der Waals surface area contributed by atoms with Gasteiger partial charge in [0.15, 0.2) is 9.47 Å². The first-order chi connectivity index (χ1) is 10.1. The monoisotopic (exact) mass is 341 g/mol. The zero-order valence-corrected chi connectivity index (χ0v) is 12.8. The van der Waals surface area contributed by atoms with Crippen LogP contribution in [0.1, 0.15) is 0 Å². The molecule has 0 atom stereocenters. The van der Waals surface area contributed by atoms with E-state index in [1.807, 2.05) is 0 Å². The van der Waals surface area contributed by atoms with Gasteiger partial charge >= 0.3 is 0 Å². The first kappa shape index (κ1) is 14.2.